The van der Waals surface area contributed by atoms with Gasteiger partial charge in [-0.25, -0.2) is 0 Å². The zero-order chi connectivity index (χ0) is 12.7. The van der Waals surface area contributed by atoms with Gasteiger partial charge in [-0.05, 0) is 37.0 Å². The van der Waals surface area contributed by atoms with Crippen molar-refractivity contribution in [3.63, 3.8) is 0 Å². The van der Waals surface area contributed by atoms with E-state index >= 15 is 0 Å². The lowest BCUT2D eigenvalue weighted by atomic mass is 10.2. The van der Waals surface area contributed by atoms with E-state index in [4.69, 9.17) is 17.0 Å². The lowest BCUT2D eigenvalue weighted by molar-refractivity contribution is 0.399. The first-order valence-corrected chi connectivity index (χ1v) is 6.80. The van der Waals surface area contributed by atoms with Gasteiger partial charge in [0.1, 0.15) is 0 Å². The quantitative estimate of drug-likeness (QED) is 0.859. The van der Waals surface area contributed by atoms with Gasteiger partial charge >= 0.3 is 0 Å². The summed E-state index contributed by atoms with van der Waals surface area (Å²) in [6, 6.07) is 4.35. The van der Waals surface area contributed by atoms with Crippen LogP contribution in [0.15, 0.2) is 12.1 Å². The van der Waals surface area contributed by atoms with E-state index in [1.165, 1.54) is 19.3 Å². The van der Waals surface area contributed by atoms with Crippen molar-refractivity contribution in [2.24, 2.45) is 5.92 Å². The van der Waals surface area contributed by atoms with Crippen LogP contribution in [-0.4, -0.2) is 21.6 Å². The summed E-state index contributed by atoms with van der Waals surface area (Å²) in [7, 11) is 1.64. The molecule has 5 heteroatoms. The first-order valence-electron chi connectivity index (χ1n) is 6.39. The van der Waals surface area contributed by atoms with Crippen LogP contribution in [0.2, 0.25) is 0 Å². The van der Waals surface area contributed by atoms with Crippen LogP contribution >= 0.6 is 12.2 Å². The number of hydrogen-bond acceptors (Lipinski definition) is 3. The van der Waals surface area contributed by atoms with Gasteiger partial charge < -0.3 is 9.72 Å². The Morgan fingerprint density at radius 3 is 3.11 bits per heavy atom. The Bertz CT molecular complexity index is 631. The van der Waals surface area contributed by atoms with Crippen LogP contribution in [0.5, 0.6) is 5.88 Å². The molecule has 0 aliphatic heterocycles. The fourth-order valence-electron chi connectivity index (χ4n) is 2.63. The number of aromatic amines is 1. The van der Waals surface area contributed by atoms with Crippen LogP contribution in [-0.2, 0) is 0 Å². The highest BCUT2D eigenvalue weighted by atomic mass is 32.1. The third kappa shape index (κ3) is 1.82. The number of fused-ring (bicyclic) bond motifs is 1. The molecule has 0 spiro atoms. The summed E-state index contributed by atoms with van der Waals surface area (Å²) in [6.07, 6.45) is 3.71. The topological polar surface area (TPSA) is 42.8 Å². The van der Waals surface area contributed by atoms with Crippen molar-refractivity contribution in [3.05, 3.63) is 16.9 Å². The minimum Gasteiger partial charge on any atom is -0.481 e. The van der Waals surface area contributed by atoms with Crippen LogP contribution in [0.1, 0.15) is 32.2 Å². The highest BCUT2D eigenvalue weighted by Crippen LogP contribution is 2.47. The van der Waals surface area contributed by atoms with Crippen molar-refractivity contribution in [3.8, 4) is 5.88 Å². The third-order valence-electron chi connectivity index (χ3n) is 3.62. The maximum atomic E-state index is 5.41. The molecule has 1 fully saturated rings. The molecule has 4 nitrogen and oxygen atoms in total. The fourth-order valence-corrected chi connectivity index (χ4v) is 2.97. The molecule has 1 saturated carbocycles. The van der Waals surface area contributed by atoms with Crippen molar-refractivity contribution in [2.45, 2.75) is 32.2 Å². The van der Waals surface area contributed by atoms with Gasteiger partial charge in [0.2, 0.25) is 5.88 Å². The van der Waals surface area contributed by atoms with Crippen molar-refractivity contribution in [2.75, 3.05) is 7.11 Å². The molecule has 0 radical (unpaired) electrons. The molecule has 96 valence electrons. The Hall–Kier alpha value is -1.36. The molecule has 2 atom stereocenters. The minimum atomic E-state index is 0.519. The number of H-pyrrole nitrogens is 1. The smallest absolute Gasteiger partial charge is 0.215 e. The highest BCUT2D eigenvalue weighted by Gasteiger charge is 2.39. The van der Waals surface area contributed by atoms with Crippen molar-refractivity contribution < 1.29 is 4.74 Å². The van der Waals surface area contributed by atoms with E-state index in [0.717, 1.165) is 21.9 Å². The molecule has 2 heterocycles. The second-order valence-electron chi connectivity index (χ2n) is 4.88. The second-order valence-corrected chi connectivity index (χ2v) is 5.26. The molecule has 1 N–H and O–H groups in total. The Morgan fingerprint density at radius 1 is 1.56 bits per heavy atom. The molecule has 1 aliphatic carbocycles. The van der Waals surface area contributed by atoms with Crippen LogP contribution in [0.25, 0.3) is 11.2 Å². The molecule has 0 amide bonds. The average molecular weight is 263 g/mol. The number of ether oxygens (including phenoxy) is 1. The van der Waals surface area contributed by atoms with E-state index in [-0.39, 0.29) is 0 Å². The van der Waals surface area contributed by atoms with E-state index in [2.05, 4.69) is 21.5 Å². The Kier molecular flexibility index (Phi) is 2.86. The molecule has 2 aromatic rings. The van der Waals surface area contributed by atoms with Gasteiger partial charge in [0, 0.05) is 12.1 Å². The lowest BCUT2D eigenvalue weighted by Gasteiger charge is -2.04. The van der Waals surface area contributed by atoms with Gasteiger partial charge in [-0.3, -0.25) is 4.57 Å². The number of pyridine rings is 1. The lowest BCUT2D eigenvalue weighted by Crippen LogP contribution is -1.99. The number of hydrogen-bond donors (Lipinski definition) is 1. The SMILES string of the molecule is CCCC1CC1n1c(=S)[nH]c2ccc(OC)nc21. The molecule has 18 heavy (non-hydrogen) atoms. The fraction of sp³-hybridized carbons (Fsp3) is 0.538. The van der Waals surface area contributed by atoms with E-state index in [1.807, 2.05) is 12.1 Å². The van der Waals surface area contributed by atoms with Crippen LogP contribution < -0.4 is 4.74 Å². The zero-order valence-corrected chi connectivity index (χ0v) is 11.5. The van der Waals surface area contributed by atoms with Crippen molar-refractivity contribution in [1.29, 1.82) is 0 Å². The Morgan fingerprint density at radius 2 is 2.39 bits per heavy atom. The number of nitrogens with zero attached hydrogens (tertiary/aromatic N) is 2. The van der Waals surface area contributed by atoms with Gasteiger partial charge in [-0.1, -0.05) is 13.3 Å². The number of imidazole rings is 1. The predicted octanol–water partition coefficient (Wildman–Crippen LogP) is 3.46. The molecule has 1 aliphatic rings. The molecule has 0 saturated heterocycles. The second kappa shape index (κ2) is 4.39. The van der Waals surface area contributed by atoms with Crippen LogP contribution in [0, 0.1) is 10.7 Å². The summed E-state index contributed by atoms with van der Waals surface area (Å²) in [5, 5.41) is 0. The molecule has 0 bridgehead atoms. The van der Waals surface area contributed by atoms with Crippen LogP contribution in [0.4, 0.5) is 0 Å². The number of methoxy groups -OCH3 is 1. The van der Waals surface area contributed by atoms with Gasteiger partial charge in [-0.2, -0.15) is 4.98 Å². The summed E-state index contributed by atoms with van der Waals surface area (Å²) in [4.78, 5) is 7.74. The summed E-state index contributed by atoms with van der Waals surface area (Å²) >= 11 is 5.41. The first kappa shape index (κ1) is 11.7. The van der Waals surface area contributed by atoms with Crippen molar-refractivity contribution in [1.82, 2.24) is 14.5 Å². The largest absolute Gasteiger partial charge is 0.481 e. The standard InChI is InChI=1S/C13H17N3OS/c1-3-4-8-7-10(8)16-12-9(14-13(16)18)5-6-11(15-12)17-2/h5-6,8,10H,3-4,7H2,1-2H3,(H,14,18). The normalized spacial score (nSPS) is 22.3. The van der Waals surface area contributed by atoms with E-state index in [0.29, 0.717) is 11.9 Å². The average Bonchev–Trinajstić information content (AvgIpc) is 3.03. The zero-order valence-electron chi connectivity index (χ0n) is 10.6. The number of aromatic nitrogens is 3. The first-order chi connectivity index (χ1) is 8.74. The maximum Gasteiger partial charge on any atom is 0.215 e. The summed E-state index contributed by atoms with van der Waals surface area (Å²) in [5.41, 5.74) is 1.91. The predicted molar refractivity (Wildman–Crippen MR) is 73.5 cm³/mol. The monoisotopic (exact) mass is 263 g/mol. The molecule has 3 rings (SSSR count). The van der Waals surface area contributed by atoms with E-state index < -0.39 is 0 Å². The maximum absolute atomic E-state index is 5.41. The minimum absolute atomic E-state index is 0.519. The van der Waals surface area contributed by atoms with Gasteiger partial charge in [0.25, 0.3) is 0 Å². The molecule has 0 aromatic carbocycles. The number of rotatable bonds is 4. The third-order valence-corrected chi connectivity index (χ3v) is 3.92. The van der Waals surface area contributed by atoms with Gasteiger partial charge in [0.15, 0.2) is 10.4 Å². The highest BCUT2D eigenvalue weighted by molar-refractivity contribution is 7.71. The van der Waals surface area contributed by atoms with Gasteiger partial charge in [0.05, 0.1) is 12.6 Å². The van der Waals surface area contributed by atoms with Crippen molar-refractivity contribution >= 4 is 23.4 Å². The molecular weight excluding hydrogens is 246 g/mol. The molecular formula is C13H17N3OS. The van der Waals surface area contributed by atoms with E-state index in [1.54, 1.807) is 7.11 Å². The van der Waals surface area contributed by atoms with Gasteiger partial charge in [-0.15, -0.1) is 0 Å². The molecule has 2 unspecified atom stereocenters. The molecule has 2 aromatic heterocycles. The Balaban J connectivity index is 2.05. The summed E-state index contributed by atoms with van der Waals surface area (Å²) in [6.45, 7) is 2.23. The summed E-state index contributed by atoms with van der Waals surface area (Å²) < 4.78 is 8.12. The van der Waals surface area contributed by atoms with E-state index in [9.17, 15) is 0 Å². The summed E-state index contributed by atoms with van der Waals surface area (Å²) in [5.74, 6) is 1.40. The number of nitrogens with one attached hydrogen (secondary N) is 1. The Labute approximate surface area is 111 Å². The van der Waals surface area contributed by atoms with Crippen LogP contribution in [0.3, 0.4) is 0 Å².